The van der Waals surface area contributed by atoms with E-state index in [1.165, 1.54) is 0 Å². The van der Waals surface area contributed by atoms with Gasteiger partial charge in [0.15, 0.2) is 0 Å². The van der Waals surface area contributed by atoms with Crippen LogP contribution in [0, 0.1) is 0 Å². The van der Waals surface area contributed by atoms with Crippen LogP contribution in [0.5, 0.6) is 0 Å². The van der Waals surface area contributed by atoms with Gasteiger partial charge in [-0.1, -0.05) is 11.6 Å². The molecule has 0 aliphatic carbocycles. The molecule has 0 aromatic carbocycles. The van der Waals surface area contributed by atoms with Gasteiger partial charge < -0.3 is 10.2 Å². The molecular weight excluding hydrogens is 202 g/mol. The summed E-state index contributed by atoms with van der Waals surface area (Å²) in [6.07, 6.45) is 1.61. The SMILES string of the molecule is C/C(=C\Cl)CN1CCCC(O)(CO)C1. The first kappa shape index (κ1) is 12.0. The molecule has 1 aliphatic heterocycles. The molecule has 0 amide bonds. The van der Waals surface area contributed by atoms with E-state index in [1.54, 1.807) is 5.54 Å². The summed E-state index contributed by atoms with van der Waals surface area (Å²) < 4.78 is 0. The minimum Gasteiger partial charge on any atom is -0.393 e. The Kier molecular flexibility index (Phi) is 4.38. The largest absolute Gasteiger partial charge is 0.393 e. The van der Waals surface area contributed by atoms with Gasteiger partial charge in [0, 0.05) is 18.6 Å². The van der Waals surface area contributed by atoms with Crippen LogP contribution in [0.25, 0.3) is 0 Å². The van der Waals surface area contributed by atoms with Crippen LogP contribution in [-0.4, -0.2) is 47.0 Å². The molecule has 1 rings (SSSR count). The highest BCUT2D eigenvalue weighted by Gasteiger charge is 2.32. The number of rotatable bonds is 3. The van der Waals surface area contributed by atoms with Gasteiger partial charge in [0.1, 0.15) is 5.60 Å². The summed E-state index contributed by atoms with van der Waals surface area (Å²) in [6.45, 7) is 4.06. The first-order chi connectivity index (χ1) is 6.59. The summed E-state index contributed by atoms with van der Waals surface area (Å²) in [5.41, 5.74) is 1.73. The Morgan fingerprint density at radius 2 is 2.36 bits per heavy atom. The molecule has 0 saturated carbocycles. The minimum absolute atomic E-state index is 0.160. The summed E-state index contributed by atoms with van der Waals surface area (Å²) in [5.74, 6) is 0. The summed E-state index contributed by atoms with van der Waals surface area (Å²) in [5, 5.41) is 18.9. The Labute approximate surface area is 90.0 Å². The van der Waals surface area contributed by atoms with Crippen LogP contribution < -0.4 is 0 Å². The first-order valence-electron chi connectivity index (χ1n) is 4.91. The molecule has 0 aromatic heterocycles. The Morgan fingerprint density at radius 3 is 2.93 bits per heavy atom. The number of aliphatic hydroxyl groups excluding tert-OH is 1. The lowest BCUT2D eigenvalue weighted by molar-refractivity contribution is -0.0648. The molecule has 2 N–H and O–H groups in total. The fourth-order valence-electron chi connectivity index (χ4n) is 1.86. The van der Waals surface area contributed by atoms with Gasteiger partial charge in [-0.05, 0) is 31.9 Å². The van der Waals surface area contributed by atoms with Gasteiger partial charge in [0.25, 0.3) is 0 Å². The molecule has 0 aromatic rings. The van der Waals surface area contributed by atoms with Crippen LogP contribution in [0.4, 0.5) is 0 Å². The third-order valence-corrected chi connectivity index (χ3v) is 2.96. The van der Waals surface area contributed by atoms with Crippen molar-refractivity contribution in [3.63, 3.8) is 0 Å². The van der Waals surface area contributed by atoms with Crippen molar-refractivity contribution in [1.82, 2.24) is 4.90 Å². The Hall–Kier alpha value is -0.0900. The summed E-state index contributed by atoms with van der Waals surface area (Å²) in [4.78, 5) is 2.12. The number of aliphatic hydroxyl groups is 2. The van der Waals surface area contributed by atoms with Gasteiger partial charge in [0.05, 0.1) is 6.61 Å². The molecule has 1 unspecified atom stereocenters. The van der Waals surface area contributed by atoms with E-state index in [4.69, 9.17) is 16.7 Å². The second-order valence-corrected chi connectivity index (χ2v) is 4.37. The fraction of sp³-hybridized carbons (Fsp3) is 0.800. The highest BCUT2D eigenvalue weighted by Crippen LogP contribution is 2.21. The van der Waals surface area contributed by atoms with Crippen molar-refractivity contribution in [3.8, 4) is 0 Å². The smallest absolute Gasteiger partial charge is 0.100 e. The van der Waals surface area contributed by atoms with Gasteiger partial charge >= 0.3 is 0 Å². The van der Waals surface area contributed by atoms with E-state index in [0.717, 1.165) is 25.1 Å². The molecular formula is C10H18ClNO2. The van der Waals surface area contributed by atoms with Crippen molar-refractivity contribution in [2.45, 2.75) is 25.4 Å². The third-order valence-electron chi connectivity index (χ3n) is 2.59. The van der Waals surface area contributed by atoms with E-state index in [0.29, 0.717) is 13.0 Å². The number of hydrogen-bond acceptors (Lipinski definition) is 3. The topological polar surface area (TPSA) is 43.7 Å². The summed E-state index contributed by atoms with van der Waals surface area (Å²) in [7, 11) is 0. The lowest BCUT2D eigenvalue weighted by Crippen LogP contribution is -2.50. The molecule has 1 heterocycles. The zero-order chi connectivity index (χ0) is 10.6. The van der Waals surface area contributed by atoms with E-state index < -0.39 is 5.60 Å². The predicted octanol–water partition coefficient (Wildman–Crippen LogP) is 0.948. The molecule has 4 heteroatoms. The predicted molar refractivity (Wildman–Crippen MR) is 57.3 cm³/mol. The van der Waals surface area contributed by atoms with Crippen molar-refractivity contribution in [1.29, 1.82) is 0 Å². The van der Waals surface area contributed by atoms with Crippen molar-refractivity contribution in [3.05, 3.63) is 11.1 Å². The molecule has 14 heavy (non-hydrogen) atoms. The Bertz CT molecular complexity index is 220. The normalized spacial score (nSPS) is 30.7. The quantitative estimate of drug-likeness (QED) is 0.743. The van der Waals surface area contributed by atoms with E-state index in [1.807, 2.05) is 6.92 Å². The maximum Gasteiger partial charge on any atom is 0.100 e. The molecule has 3 nitrogen and oxygen atoms in total. The first-order valence-corrected chi connectivity index (χ1v) is 5.35. The van der Waals surface area contributed by atoms with Crippen LogP contribution in [0.3, 0.4) is 0 Å². The van der Waals surface area contributed by atoms with E-state index in [2.05, 4.69) is 4.90 Å². The highest BCUT2D eigenvalue weighted by molar-refractivity contribution is 6.25. The number of halogens is 1. The van der Waals surface area contributed by atoms with Gasteiger partial charge in [-0.2, -0.15) is 0 Å². The average molecular weight is 220 g/mol. The minimum atomic E-state index is -0.912. The monoisotopic (exact) mass is 219 g/mol. The number of hydrogen-bond donors (Lipinski definition) is 2. The van der Waals surface area contributed by atoms with Gasteiger partial charge in [-0.3, -0.25) is 4.90 Å². The standard InChI is InChI=1S/C10H18ClNO2/c1-9(5-11)6-12-4-2-3-10(14,7-12)8-13/h5,13-14H,2-4,6-8H2,1H3/b9-5+. The lowest BCUT2D eigenvalue weighted by Gasteiger charge is -2.38. The summed E-state index contributed by atoms with van der Waals surface area (Å²) >= 11 is 5.58. The van der Waals surface area contributed by atoms with E-state index >= 15 is 0 Å². The average Bonchev–Trinajstić information content (AvgIpc) is 2.18. The molecule has 1 fully saturated rings. The zero-order valence-electron chi connectivity index (χ0n) is 8.54. The van der Waals surface area contributed by atoms with Crippen molar-refractivity contribution < 1.29 is 10.2 Å². The maximum absolute atomic E-state index is 9.89. The fourth-order valence-corrected chi connectivity index (χ4v) is 1.93. The molecule has 0 radical (unpaired) electrons. The van der Waals surface area contributed by atoms with Crippen molar-refractivity contribution in [2.75, 3.05) is 26.2 Å². The van der Waals surface area contributed by atoms with Crippen LogP contribution in [-0.2, 0) is 0 Å². The van der Waals surface area contributed by atoms with Crippen LogP contribution >= 0.6 is 11.6 Å². The van der Waals surface area contributed by atoms with Gasteiger partial charge in [0.2, 0.25) is 0 Å². The Morgan fingerprint density at radius 1 is 1.64 bits per heavy atom. The van der Waals surface area contributed by atoms with Crippen LogP contribution in [0.15, 0.2) is 11.1 Å². The second kappa shape index (κ2) is 5.12. The van der Waals surface area contributed by atoms with Crippen molar-refractivity contribution >= 4 is 11.6 Å². The van der Waals surface area contributed by atoms with Crippen molar-refractivity contribution in [2.24, 2.45) is 0 Å². The number of β-amino-alcohol motifs (C(OH)–C–C–N with tert-alkyl or cyclic N) is 1. The Balaban J connectivity index is 2.48. The number of nitrogens with zero attached hydrogens (tertiary/aromatic N) is 1. The molecule has 0 spiro atoms. The highest BCUT2D eigenvalue weighted by atomic mass is 35.5. The molecule has 1 saturated heterocycles. The lowest BCUT2D eigenvalue weighted by atomic mass is 9.93. The number of likely N-dealkylation sites (tertiary alicyclic amines) is 1. The van der Waals surface area contributed by atoms with Crippen LogP contribution in [0.2, 0.25) is 0 Å². The second-order valence-electron chi connectivity index (χ2n) is 4.15. The third kappa shape index (κ3) is 3.24. The molecule has 1 aliphatic rings. The van der Waals surface area contributed by atoms with Gasteiger partial charge in [-0.25, -0.2) is 0 Å². The van der Waals surface area contributed by atoms with Crippen LogP contribution in [0.1, 0.15) is 19.8 Å². The molecule has 0 bridgehead atoms. The maximum atomic E-state index is 9.89. The molecule has 1 atom stereocenters. The summed E-state index contributed by atoms with van der Waals surface area (Å²) in [6, 6.07) is 0. The van der Waals surface area contributed by atoms with Gasteiger partial charge in [-0.15, -0.1) is 0 Å². The molecule has 82 valence electrons. The number of piperidine rings is 1. The van der Waals surface area contributed by atoms with E-state index in [9.17, 15) is 5.11 Å². The van der Waals surface area contributed by atoms with E-state index in [-0.39, 0.29) is 6.61 Å². The zero-order valence-corrected chi connectivity index (χ0v) is 9.30.